The largest absolute Gasteiger partial charge is 0.389 e. The van der Waals surface area contributed by atoms with E-state index in [2.05, 4.69) is 25.7 Å². The topological polar surface area (TPSA) is 49.5 Å². The summed E-state index contributed by atoms with van der Waals surface area (Å²) >= 11 is 0. The van der Waals surface area contributed by atoms with Gasteiger partial charge in [-0.15, -0.1) is 0 Å². The van der Waals surface area contributed by atoms with Crippen molar-refractivity contribution in [3.63, 3.8) is 0 Å². The van der Waals surface area contributed by atoms with Gasteiger partial charge in [0.15, 0.2) is 0 Å². The summed E-state index contributed by atoms with van der Waals surface area (Å²) in [5, 5.41) is 10.2. The molecule has 1 aliphatic rings. The Bertz CT molecular complexity index is 194. The van der Waals surface area contributed by atoms with Crippen LogP contribution in [0.2, 0.25) is 0 Å². The minimum Gasteiger partial charge on any atom is -0.389 e. The van der Waals surface area contributed by atoms with Gasteiger partial charge in [0, 0.05) is 25.7 Å². The maximum atomic E-state index is 10.2. The summed E-state index contributed by atoms with van der Waals surface area (Å²) in [6.07, 6.45) is 1.11. The highest BCUT2D eigenvalue weighted by Gasteiger charge is 2.31. The Hall–Kier alpha value is -0.120. The van der Waals surface area contributed by atoms with Crippen molar-refractivity contribution >= 4 is 0 Å². The Morgan fingerprint density at radius 3 is 2.53 bits per heavy atom. The number of β-amino-alcohol motifs (C(OH)–C–C–N with tert-alkyl or cyclic N) is 1. The predicted molar refractivity (Wildman–Crippen MR) is 63.7 cm³/mol. The van der Waals surface area contributed by atoms with Crippen molar-refractivity contribution in [2.75, 3.05) is 19.6 Å². The second kappa shape index (κ2) is 4.81. The number of hydrogen-bond donors (Lipinski definition) is 2. The van der Waals surface area contributed by atoms with E-state index < -0.39 is 5.60 Å². The molecule has 0 spiro atoms. The van der Waals surface area contributed by atoms with E-state index in [9.17, 15) is 5.11 Å². The Balaban J connectivity index is 2.50. The van der Waals surface area contributed by atoms with Crippen molar-refractivity contribution in [3.05, 3.63) is 0 Å². The van der Waals surface area contributed by atoms with Gasteiger partial charge in [0.1, 0.15) is 0 Å². The molecule has 1 saturated heterocycles. The lowest BCUT2D eigenvalue weighted by Crippen LogP contribution is -2.52. The van der Waals surface area contributed by atoms with Gasteiger partial charge >= 0.3 is 0 Å². The molecule has 0 radical (unpaired) electrons. The summed E-state index contributed by atoms with van der Waals surface area (Å²) < 4.78 is 0. The molecule has 3 nitrogen and oxygen atoms in total. The molecule has 0 aromatic heterocycles. The van der Waals surface area contributed by atoms with E-state index in [0.717, 1.165) is 26.1 Å². The third-order valence-electron chi connectivity index (χ3n) is 3.56. The number of hydrogen-bond acceptors (Lipinski definition) is 3. The molecule has 90 valence electrons. The van der Waals surface area contributed by atoms with Crippen molar-refractivity contribution in [1.82, 2.24) is 4.90 Å². The molecule has 0 amide bonds. The van der Waals surface area contributed by atoms with E-state index in [-0.39, 0.29) is 12.0 Å². The first-order chi connectivity index (χ1) is 6.81. The molecule has 3 N–H and O–H groups in total. The molecule has 1 fully saturated rings. The lowest BCUT2D eigenvalue weighted by Gasteiger charge is -2.40. The minimum atomic E-state index is -0.600. The van der Waals surface area contributed by atoms with Crippen molar-refractivity contribution < 1.29 is 5.11 Å². The number of rotatable bonds is 3. The van der Waals surface area contributed by atoms with Crippen LogP contribution >= 0.6 is 0 Å². The van der Waals surface area contributed by atoms with E-state index in [1.807, 2.05) is 6.92 Å². The monoisotopic (exact) mass is 214 g/mol. The normalized spacial score (nSPS) is 33.0. The number of nitrogens with two attached hydrogens (primary N) is 1. The second-order valence-electron chi connectivity index (χ2n) is 5.81. The summed E-state index contributed by atoms with van der Waals surface area (Å²) in [5.74, 6) is 0.933. The first kappa shape index (κ1) is 12.9. The molecular formula is C12H26N2O. The number of likely N-dealkylation sites (tertiary alicyclic amines) is 1. The zero-order valence-electron chi connectivity index (χ0n) is 10.5. The van der Waals surface area contributed by atoms with Gasteiger partial charge in [0.25, 0.3) is 0 Å². The maximum absolute atomic E-state index is 10.2. The van der Waals surface area contributed by atoms with Crippen LogP contribution in [0.4, 0.5) is 0 Å². The average molecular weight is 214 g/mol. The quantitative estimate of drug-likeness (QED) is 0.738. The molecule has 1 rings (SSSR count). The highest BCUT2D eigenvalue weighted by Crippen LogP contribution is 2.21. The van der Waals surface area contributed by atoms with Crippen molar-refractivity contribution in [2.24, 2.45) is 17.6 Å². The zero-order chi connectivity index (χ0) is 11.6. The van der Waals surface area contributed by atoms with Gasteiger partial charge < -0.3 is 10.8 Å². The van der Waals surface area contributed by atoms with Gasteiger partial charge in [0.2, 0.25) is 0 Å². The smallest absolute Gasteiger partial charge is 0.0768 e. The Kier molecular flexibility index (Phi) is 4.15. The lowest BCUT2D eigenvalue weighted by molar-refractivity contribution is -0.0287. The van der Waals surface area contributed by atoms with Gasteiger partial charge in [0.05, 0.1) is 5.60 Å². The van der Waals surface area contributed by atoms with E-state index in [1.54, 1.807) is 0 Å². The summed E-state index contributed by atoms with van der Waals surface area (Å²) in [4.78, 5) is 2.30. The third-order valence-corrected chi connectivity index (χ3v) is 3.56. The molecular weight excluding hydrogens is 188 g/mol. The first-order valence-electron chi connectivity index (χ1n) is 6.01. The van der Waals surface area contributed by atoms with Crippen LogP contribution in [-0.4, -0.2) is 41.3 Å². The molecule has 1 aliphatic heterocycles. The minimum absolute atomic E-state index is 0.275. The van der Waals surface area contributed by atoms with E-state index >= 15 is 0 Å². The van der Waals surface area contributed by atoms with Crippen LogP contribution in [0.3, 0.4) is 0 Å². The van der Waals surface area contributed by atoms with Crippen LogP contribution in [-0.2, 0) is 0 Å². The molecule has 0 bridgehead atoms. The number of aliphatic hydroxyl groups is 1. The summed E-state index contributed by atoms with van der Waals surface area (Å²) in [6.45, 7) is 11.0. The van der Waals surface area contributed by atoms with Crippen molar-refractivity contribution in [2.45, 2.75) is 45.8 Å². The molecule has 0 aromatic rings. The van der Waals surface area contributed by atoms with Crippen LogP contribution in [0.1, 0.15) is 34.1 Å². The standard InChI is InChI=1S/C12H26N2O/c1-9(2)12(4,15)8-14-6-10(3)5-11(13)7-14/h9-11,15H,5-8,13H2,1-4H3. The van der Waals surface area contributed by atoms with E-state index in [0.29, 0.717) is 5.92 Å². The van der Waals surface area contributed by atoms with E-state index in [4.69, 9.17) is 5.73 Å². The molecule has 1 heterocycles. The highest BCUT2D eigenvalue weighted by molar-refractivity contribution is 4.86. The van der Waals surface area contributed by atoms with Gasteiger partial charge in [-0.2, -0.15) is 0 Å². The zero-order valence-corrected chi connectivity index (χ0v) is 10.5. The van der Waals surface area contributed by atoms with Gasteiger partial charge in [-0.25, -0.2) is 0 Å². The average Bonchev–Trinajstić information content (AvgIpc) is 1.99. The summed E-state index contributed by atoms with van der Waals surface area (Å²) in [6, 6.07) is 0.275. The van der Waals surface area contributed by atoms with Gasteiger partial charge in [-0.1, -0.05) is 20.8 Å². The van der Waals surface area contributed by atoms with Crippen LogP contribution < -0.4 is 5.73 Å². The summed E-state index contributed by atoms with van der Waals surface area (Å²) in [5.41, 5.74) is 5.39. The SMILES string of the molecule is CC1CC(N)CN(CC(C)(O)C(C)C)C1. The first-order valence-corrected chi connectivity index (χ1v) is 6.01. The Morgan fingerprint density at radius 2 is 2.07 bits per heavy atom. The van der Waals surface area contributed by atoms with Crippen LogP contribution in [0.5, 0.6) is 0 Å². The fourth-order valence-electron chi connectivity index (χ4n) is 2.28. The lowest BCUT2D eigenvalue weighted by atomic mass is 9.89. The van der Waals surface area contributed by atoms with Gasteiger partial charge in [-0.05, 0) is 25.2 Å². The van der Waals surface area contributed by atoms with E-state index in [1.165, 1.54) is 0 Å². The Labute approximate surface area is 93.6 Å². The van der Waals surface area contributed by atoms with Crippen LogP contribution in [0.25, 0.3) is 0 Å². The number of piperidine rings is 1. The van der Waals surface area contributed by atoms with Crippen molar-refractivity contribution in [3.8, 4) is 0 Å². The fraction of sp³-hybridized carbons (Fsp3) is 1.00. The molecule has 15 heavy (non-hydrogen) atoms. The van der Waals surface area contributed by atoms with Crippen LogP contribution in [0, 0.1) is 11.8 Å². The number of nitrogens with zero attached hydrogens (tertiary/aromatic N) is 1. The highest BCUT2D eigenvalue weighted by atomic mass is 16.3. The Morgan fingerprint density at radius 1 is 1.47 bits per heavy atom. The third kappa shape index (κ3) is 3.74. The molecule has 3 atom stereocenters. The summed E-state index contributed by atoms with van der Waals surface area (Å²) in [7, 11) is 0. The predicted octanol–water partition coefficient (Wildman–Crippen LogP) is 1.06. The molecule has 3 heteroatoms. The second-order valence-corrected chi connectivity index (χ2v) is 5.81. The molecule has 0 aromatic carbocycles. The molecule has 0 saturated carbocycles. The fourth-order valence-corrected chi connectivity index (χ4v) is 2.28. The molecule has 0 aliphatic carbocycles. The van der Waals surface area contributed by atoms with Crippen molar-refractivity contribution in [1.29, 1.82) is 0 Å². The maximum Gasteiger partial charge on any atom is 0.0768 e. The van der Waals surface area contributed by atoms with Crippen LogP contribution in [0.15, 0.2) is 0 Å². The van der Waals surface area contributed by atoms with Gasteiger partial charge in [-0.3, -0.25) is 4.90 Å². The molecule has 3 unspecified atom stereocenters.